The number of carbonyl (C=O) groups is 1. The van der Waals surface area contributed by atoms with E-state index in [1.165, 1.54) is 24.3 Å². The Kier molecular flexibility index (Phi) is 6.48. The quantitative estimate of drug-likeness (QED) is 0.756. The van der Waals surface area contributed by atoms with Gasteiger partial charge in [0.05, 0.1) is 6.42 Å². The molecule has 1 rings (SSSR count). The van der Waals surface area contributed by atoms with Crippen molar-refractivity contribution in [1.82, 2.24) is 5.32 Å². The number of urea groups is 1. The topological polar surface area (TPSA) is 61.4 Å². The van der Waals surface area contributed by atoms with Gasteiger partial charge in [-0.05, 0) is 37.5 Å². The highest BCUT2D eigenvalue weighted by Gasteiger charge is 2.27. The minimum atomic E-state index is -4.28. The predicted octanol–water partition coefficient (Wildman–Crippen LogP) is 3.07. The van der Waals surface area contributed by atoms with Crippen LogP contribution in [0.5, 0.6) is 0 Å². The Morgan fingerprint density at radius 3 is 2.71 bits per heavy atom. The minimum absolute atomic E-state index is 0.0487. The summed E-state index contributed by atoms with van der Waals surface area (Å²) < 4.78 is 36.9. The summed E-state index contributed by atoms with van der Waals surface area (Å²) in [6.45, 7) is 1.84. The van der Waals surface area contributed by atoms with Crippen molar-refractivity contribution in [2.45, 2.75) is 38.4 Å². The molecule has 1 unspecified atom stereocenters. The van der Waals surface area contributed by atoms with E-state index in [2.05, 4.69) is 10.6 Å². The molecular formula is C14H19F3N2O2. The van der Waals surface area contributed by atoms with Crippen molar-refractivity contribution in [1.29, 1.82) is 0 Å². The van der Waals surface area contributed by atoms with Crippen LogP contribution in [0.3, 0.4) is 0 Å². The van der Waals surface area contributed by atoms with Crippen LogP contribution in [0.25, 0.3) is 0 Å². The highest BCUT2D eigenvalue weighted by Crippen LogP contribution is 2.22. The molecule has 1 aromatic rings. The number of hydrogen-bond acceptors (Lipinski definition) is 2. The van der Waals surface area contributed by atoms with Gasteiger partial charge in [0.25, 0.3) is 0 Å². The molecule has 0 heterocycles. The molecular weight excluding hydrogens is 285 g/mol. The molecule has 0 spiro atoms. The highest BCUT2D eigenvalue weighted by molar-refractivity contribution is 5.89. The molecule has 0 aliphatic carbocycles. The van der Waals surface area contributed by atoms with E-state index in [0.717, 1.165) is 0 Å². The van der Waals surface area contributed by atoms with Crippen LogP contribution in [-0.4, -0.2) is 30.0 Å². The van der Waals surface area contributed by atoms with Gasteiger partial charge in [0.2, 0.25) is 0 Å². The van der Waals surface area contributed by atoms with Crippen molar-refractivity contribution in [3.05, 3.63) is 29.8 Å². The molecule has 1 atom stereocenters. The summed E-state index contributed by atoms with van der Waals surface area (Å²) in [6, 6.07) is 5.04. The lowest BCUT2D eigenvalue weighted by Crippen LogP contribution is -2.36. The highest BCUT2D eigenvalue weighted by atomic mass is 19.4. The number of alkyl halides is 3. The second-order valence-electron chi connectivity index (χ2n) is 4.86. The van der Waals surface area contributed by atoms with Crippen LogP contribution in [-0.2, 0) is 6.42 Å². The smallest absolute Gasteiger partial charge is 0.393 e. The van der Waals surface area contributed by atoms with E-state index in [1.807, 2.05) is 0 Å². The average molecular weight is 304 g/mol. The first-order valence-electron chi connectivity index (χ1n) is 6.64. The molecule has 21 heavy (non-hydrogen) atoms. The van der Waals surface area contributed by atoms with Crippen LogP contribution in [0, 0.1) is 0 Å². The largest absolute Gasteiger partial charge is 0.396 e. The number of aliphatic hydroxyl groups excluding tert-OH is 1. The third kappa shape index (κ3) is 7.55. The van der Waals surface area contributed by atoms with Crippen molar-refractivity contribution in [3.8, 4) is 0 Å². The Hall–Kier alpha value is -1.76. The van der Waals surface area contributed by atoms with Crippen molar-refractivity contribution in [3.63, 3.8) is 0 Å². The maximum absolute atomic E-state index is 12.3. The molecule has 0 aliphatic rings. The number of hydrogen-bond donors (Lipinski definition) is 3. The van der Waals surface area contributed by atoms with Gasteiger partial charge in [-0.1, -0.05) is 12.1 Å². The molecule has 3 N–H and O–H groups in total. The van der Waals surface area contributed by atoms with Crippen LogP contribution in [0.15, 0.2) is 24.3 Å². The Bertz CT molecular complexity index is 464. The van der Waals surface area contributed by atoms with Crippen molar-refractivity contribution in [2.24, 2.45) is 0 Å². The number of amides is 2. The van der Waals surface area contributed by atoms with Gasteiger partial charge < -0.3 is 15.7 Å². The molecule has 0 radical (unpaired) electrons. The fourth-order valence-electron chi connectivity index (χ4n) is 1.85. The maximum Gasteiger partial charge on any atom is 0.393 e. The Labute approximate surface area is 121 Å². The van der Waals surface area contributed by atoms with Crippen LogP contribution >= 0.6 is 0 Å². The third-order valence-corrected chi connectivity index (χ3v) is 2.76. The second kappa shape index (κ2) is 7.87. The lowest BCUT2D eigenvalue weighted by molar-refractivity contribution is -0.127. The van der Waals surface area contributed by atoms with E-state index in [9.17, 15) is 18.0 Å². The molecule has 0 saturated heterocycles. The van der Waals surface area contributed by atoms with Crippen LogP contribution < -0.4 is 10.6 Å². The Morgan fingerprint density at radius 2 is 2.10 bits per heavy atom. The summed E-state index contributed by atoms with van der Waals surface area (Å²) in [5, 5.41) is 13.8. The summed E-state index contributed by atoms with van der Waals surface area (Å²) in [5.41, 5.74) is 0.400. The first-order chi connectivity index (χ1) is 9.80. The van der Waals surface area contributed by atoms with Crippen molar-refractivity contribution in [2.75, 3.05) is 11.9 Å². The van der Waals surface area contributed by atoms with Gasteiger partial charge in [-0.2, -0.15) is 13.2 Å². The number of rotatable bonds is 6. The molecule has 4 nitrogen and oxygen atoms in total. The minimum Gasteiger partial charge on any atom is -0.396 e. The monoisotopic (exact) mass is 304 g/mol. The van der Waals surface area contributed by atoms with Gasteiger partial charge in [0, 0.05) is 18.3 Å². The first kappa shape index (κ1) is 17.3. The van der Waals surface area contributed by atoms with E-state index in [-0.39, 0.29) is 18.2 Å². The molecule has 0 aliphatic heterocycles. The molecule has 7 heteroatoms. The van der Waals surface area contributed by atoms with Gasteiger partial charge in [0.15, 0.2) is 0 Å². The zero-order chi connectivity index (χ0) is 15.9. The van der Waals surface area contributed by atoms with E-state index >= 15 is 0 Å². The fraction of sp³-hybridized carbons (Fsp3) is 0.500. The second-order valence-corrected chi connectivity index (χ2v) is 4.86. The number of nitrogens with one attached hydrogen (secondary N) is 2. The SMILES string of the molecule is CC(CCCO)NC(=O)Nc1cccc(CC(F)(F)F)c1. The zero-order valence-corrected chi connectivity index (χ0v) is 11.7. The number of halogens is 3. The van der Waals surface area contributed by atoms with E-state index in [0.29, 0.717) is 18.5 Å². The third-order valence-electron chi connectivity index (χ3n) is 2.76. The molecule has 118 valence electrons. The first-order valence-corrected chi connectivity index (χ1v) is 6.64. The number of anilines is 1. The van der Waals surface area contributed by atoms with Crippen molar-refractivity contribution >= 4 is 11.7 Å². The summed E-state index contributed by atoms with van der Waals surface area (Å²) in [7, 11) is 0. The summed E-state index contributed by atoms with van der Waals surface area (Å²) >= 11 is 0. The standard InChI is InChI=1S/C14H19F3N2O2/c1-10(4-3-7-20)18-13(21)19-12-6-2-5-11(8-12)9-14(15,16)17/h2,5-6,8,10,20H,3-4,7,9H2,1H3,(H2,18,19,21). The normalized spacial score (nSPS) is 12.8. The lowest BCUT2D eigenvalue weighted by Gasteiger charge is -2.14. The maximum atomic E-state index is 12.3. The molecule has 0 aromatic heterocycles. The molecule has 0 saturated carbocycles. The fourth-order valence-corrected chi connectivity index (χ4v) is 1.85. The van der Waals surface area contributed by atoms with Gasteiger partial charge in [-0.25, -0.2) is 4.79 Å². The van der Waals surface area contributed by atoms with Gasteiger partial charge in [0.1, 0.15) is 0 Å². The number of aliphatic hydroxyl groups is 1. The summed E-state index contributed by atoms with van der Waals surface area (Å²) in [4.78, 5) is 11.7. The van der Waals surface area contributed by atoms with Crippen LogP contribution in [0.4, 0.5) is 23.7 Å². The molecule has 2 amide bonds. The van der Waals surface area contributed by atoms with E-state index < -0.39 is 18.6 Å². The number of benzene rings is 1. The van der Waals surface area contributed by atoms with Gasteiger partial charge in [-0.3, -0.25) is 0 Å². The summed E-state index contributed by atoms with van der Waals surface area (Å²) in [6.07, 6.45) is -4.11. The predicted molar refractivity (Wildman–Crippen MR) is 74.1 cm³/mol. The summed E-state index contributed by atoms with van der Waals surface area (Å²) in [5.74, 6) is 0. The van der Waals surface area contributed by atoms with E-state index in [1.54, 1.807) is 6.92 Å². The lowest BCUT2D eigenvalue weighted by atomic mass is 10.1. The Balaban J connectivity index is 2.54. The molecule has 0 bridgehead atoms. The van der Waals surface area contributed by atoms with Crippen LogP contribution in [0.1, 0.15) is 25.3 Å². The Morgan fingerprint density at radius 1 is 1.38 bits per heavy atom. The van der Waals surface area contributed by atoms with Crippen LogP contribution in [0.2, 0.25) is 0 Å². The molecule has 1 aromatic carbocycles. The van der Waals surface area contributed by atoms with E-state index in [4.69, 9.17) is 5.11 Å². The van der Waals surface area contributed by atoms with Crippen molar-refractivity contribution < 1.29 is 23.1 Å². The number of carbonyl (C=O) groups excluding carboxylic acids is 1. The average Bonchev–Trinajstić information content (AvgIpc) is 2.34. The van der Waals surface area contributed by atoms with Gasteiger partial charge in [-0.15, -0.1) is 0 Å². The van der Waals surface area contributed by atoms with Gasteiger partial charge >= 0.3 is 12.2 Å². The molecule has 0 fully saturated rings. The zero-order valence-electron chi connectivity index (χ0n) is 11.7.